The molecule has 0 spiro atoms. The maximum Gasteiger partial charge on any atom is 0.472 e. The van der Waals surface area contributed by atoms with Gasteiger partial charge in [0.15, 0.2) is 0 Å². The summed E-state index contributed by atoms with van der Waals surface area (Å²) in [5.41, 5.74) is 4.37. The smallest absolute Gasteiger partial charge is 0.244 e. The maximum atomic E-state index is 13.1. The van der Waals surface area contributed by atoms with Crippen LogP contribution in [-0.2, 0) is 6.42 Å². The van der Waals surface area contributed by atoms with Crippen LogP contribution in [0, 0.1) is 6.67 Å². The van der Waals surface area contributed by atoms with Gasteiger partial charge in [-0.3, -0.25) is 0 Å². The molecule has 1 radical (unpaired) electrons. The Hall–Kier alpha value is -1.57. The number of hydroxylamine groups is 3. The monoisotopic (exact) mass is 313 g/mol. The fourth-order valence-electron chi connectivity index (χ4n) is 3.26. The van der Waals surface area contributed by atoms with Gasteiger partial charge in [-0.2, -0.15) is 13.2 Å². The molecule has 1 heterocycles. The first-order chi connectivity index (χ1) is 10.2. The Morgan fingerprint density at radius 1 is 1.32 bits per heavy atom. The van der Waals surface area contributed by atoms with Crippen molar-refractivity contribution in [2.75, 3.05) is 7.05 Å². The summed E-state index contributed by atoms with van der Waals surface area (Å²) in [6.07, 6.45) is -2.89. The van der Waals surface area contributed by atoms with Gasteiger partial charge in [-0.1, -0.05) is 24.3 Å². The van der Waals surface area contributed by atoms with Gasteiger partial charge in [-0.25, -0.2) is 15.6 Å². The second kappa shape index (κ2) is 4.97. The molecule has 0 saturated carbocycles. The van der Waals surface area contributed by atoms with Crippen molar-refractivity contribution in [1.82, 2.24) is 10.4 Å². The number of nitrogens with zero attached hydrogens (tertiary/aromatic N) is 2. The van der Waals surface area contributed by atoms with Crippen LogP contribution in [0.1, 0.15) is 30.5 Å². The van der Waals surface area contributed by atoms with E-state index in [9.17, 15) is 18.4 Å². The fourth-order valence-corrected chi connectivity index (χ4v) is 3.26. The van der Waals surface area contributed by atoms with Crippen molar-refractivity contribution < 1.29 is 23.0 Å². The Bertz CT molecular complexity index is 625. The number of benzene rings is 1. The summed E-state index contributed by atoms with van der Waals surface area (Å²) in [7, 11) is 1.09. The van der Waals surface area contributed by atoms with Crippen LogP contribution in [0.4, 0.5) is 13.2 Å². The minimum atomic E-state index is -4.59. The Morgan fingerprint density at radius 2 is 2.00 bits per heavy atom. The lowest BCUT2D eigenvalue weighted by molar-refractivity contribution is -1.04. The third kappa shape index (κ3) is 2.49. The second-order valence-electron chi connectivity index (χ2n) is 5.86. The molecule has 0 saturated heterocycles. The average molecular weight is 313 g/mol. The molecule has 0 amide bonds. The number of rotatable bonds is 2. The molecule has 0 fully saturated rings. The van der Waals surface area contributed by atoms with Crippen molar-refractivity contribution >= 4 is 0 Å². The topological polar surface area (TPSA) is 35.5 Å². The molecule has 7 heteroatoms. The molecule has 3 rings (SSSR count). The van der Waals surface area contributed by atoms with Crippen LogP contribution < -0.4 is 5.43 Å². The van der Waals surface area contributed by atoms with E-state index in [2.05, 4.69) is 5.43 Å². The summed E-state index contributed by atoms with van der Waals surface area (Å²) >= 11 is 0. The van der Waals surface area contributed by atoms with Crippen molar-refractivity contribution in [2.24, 2.45) is 0 Å². The molecule has 119 valence electrons. The first-order valence-electron chi connectivity index (χ1n) is 7.07. The lowest BCUT2D eigenvalue weighted by atomic mass is 10.1. The summed E-state index contributed by atoms with van der Waals surface area (Å²) in [6, 6.07) is 7.82. The number of quaternary nitrogens is 1. The number of hydrazine groups is 1. The average Bonchev–Trinajstić information content (AvgIpc) is 2.89. The lowest BCUT2D eigenvalue weighted by Crippen LogP contribution is -2.43. The van der Waals surface area contributed by atoms with Crippen molar-refractivity contribution in [3.05, 3.63) is 53.5 Å². The molecular weight excluding hydrogens is 295 g/mol. The Labute approximate surface area is 127 Å². The maximum absolute atomic E-state index is 13.1. The molecule has 1 aliphatic carbocycles. The SMILES string of the molecule is CC1=C(C(F)(F)F)[N+](C)(O)[CH]N1NC1CCc2ccccc21. The first kappa shape index (κ1) is 15.3. The Balaban J connectivity index is 1.85. The van der Waals surface area contributed by atoms with E-state index < -0.39 is 16.5 Å². The number of fused-ring (bicyclic) bond motifs is 1. The summed E-state index contributed by atoms with van der Waals surface area (Å²) in [6.45, 7) is 2.48. The van der Waals surface area contributed by atoms with Gasteiger partial charge >= 0.3 is 6.18 Å². The number of nitrogens with one attached hydrogen (secondary N) is 1. The number of allylic oxidation sites excluding steroid dienone is 2. The van der Waals surface area contributed by atoms with E-state index in [1.165, 1.54) is 17.5 Å². The highest BCUT2D eigenvalue weighted by Gasteiger charge is 2.56. The quantitative estimate of drug-likeness (QED) is 0.823. The van der Waals surface area contributed by atoms with Crippen molar-refractivity contribution in [3.8, 4) is 0 Å². The van der Waals surface area contributed by atoms with Crippen molar-refractivity contribution in [3.63, 3.8) is 0 Å². The summed E-state index contributed by atoms with van der Waals surface area (Å²) in [5.74, 6) is 0. The fraction of sp³-hybridized carbons (Fsp3) is 0.400. The predicted octanol–water partition coefficient (Wildman–Crippen LogP) is 3.24. The molecule has 2 atom stereocenters. The molecule has 1 aromatic rings. The third-order valence-corrected chi connectivity index (χ3v) is 4.19. The van der Waals surface area contributed by atoms with E-state index in [4.69, 9.17) is 0 Å². The van der Waals surface area contributed by atoms with Gasteiger partial charge in [-0.15, -0.1) is 4.65 Å². The Morgan fingerprint density at radius 3 is 2.64 bits per heavy atom. The molecule has 1 aliphatic heterocycles. The van der Waals surface area contributed by atoms with Crippen LogP contribution in [-0.4, -0.2) is 28.1 Å². The number of hydrogen-bond acceptors (Lipinski definition) is 3. The Kier molecular flexibility index (Phi) is 3.47. The molecule has 2 N–H and O–H groups in total. The zero-order valence-corrected chi connectivity index (χ0v) is 12.4. The van der Waals surface area contributed by atoms with Crippen LogP contribution >= 0.6 is 0 Å². The third-order valence-electron chi connectivity index (χ3n) is 4.19. The van der Waals surface area contributed by atoms with Gasteiger partial charge in [0, 0.05) is 0 Å². The second-order valence-corrected chi connectivity index (χ2v) is 5.86. The highest BCUT2D eigenvalue weighted by molar-refractivity contribution is 5.34. The van der Waals surface area contributed by atoms with Crippen LogP contribution in [0.25, 0.3) is 0 Å². The molecule has 4 nitrogen and oxygen atoms in total. The summed E-state index contributed by atoms with van der Waals surface area (Å²) < 4.78 is 38.1. The van der Waals surface area contributed by atoms with Crippen LogP contribution in [0.15, 0.2) is 35.7 Å². The number of aryl methyl sites for hydroxylation is 1. The number of hydrogen-bond donors (Lipinski definition) is 2. The summed E-state index contributed by atoms with van der Waals surface area (Å²) in [4.78, 5) is 0. The van der Waals surface area contributed by atoms with Gasteiger partial charge in [-0.05, 0) is 30.9 Å². The van der Waals surface area contributed by atoms with Crippen LogP contribution in [0.5, 0.6) is 0 Å². The highest BCUT2D eigenvalue weighted by atomic mass is 19.4. The molecule has 0 bridgehead atoms. The largest absolute Gasteiger partial charge is 0.472 e. The molecule has 2 aliphatic rings. The van der Waals surface area contributed by atoms with Crippen LogP contribution in [0.2, 0.25) is 0 Å². The van der Waals surface area contributed by atoms with E-state index in [0.717, 1.165) is 32.1 Å². The van der Waals surface area contributed by atoms with Gasteiger partial charge in [0.25, 0.3) is 12.4 Å². The van der Waals surface area contributed by atoms with Crippen LogP contribution in [0.3, 0.4) is 0 Å². The standard InChI is InChI=1S/C15H18F3N3O/c1-10-14(15(16,17)18)21(2,22)9-20(10)19-13-8-7-11-5-3-4-6-12(11)13/h3-6,9,13,19,22H,7-8H2,1-2H3/q+1. The summed E-state index contributed by atoms with van der Waals surface area (Å²) in [5, 5.41) is 11.3. The van der Waals surface area contributed by atoms with E-state index in [1.54, 1.807) is 0 Å². The van der Waals surface area contributed by atoms with E-state index in [1.807, 2.05) is 24.3 Å². The zero-order chi connectivity index (χ0) is 16.1. The zero-order valence-electron chi connectivity index (χ0n) is 12.4. The molecular formula is C15H18F3N3O+. The van der Waals surface area contributed by atoms with Gasteiger partial charge in [0.2, 0.25) is 0 Å². The molecule has 0 aromatic heterocycles. The minimum Gasteiger partial charge on any atom is -0.244 e. The molecule has 1 aromatic carbocycles. The van der Waals surface area contributed by atoms with Gasteiger partial charge < -0.3 is 0 Å². The van der Waals surface area contributed by atoms with E-state index in [-0.39, 0.29) is 11.7 Å². The number of alkyl halides is 3. The number of halogens is 3. The first-order valence-corrected chi connectivity index (χ1v) is 7.07. The van der Waals surface area contributed by atoms with Gasteiger partial charge in [0.1, 0.15) is 12.7 Å². The molecule has 22 heavy (non-hydrogen) atoms. The normalized spacial score (nSPS) is 28.5. The highest BCUT2D eigenvalue weighted by Crippen LogP contribution is 2.42. The van der Waals surface area contributed by atoms with Crippen molar-refractivity contribution in [2.45, 2.75) is 32.0 Å². The minimum absolute atomic E-state index is 0.0399. The van der Waals surface area contributed by atoms with Gasteiger partial charge in [0.05, 0.1) is 6.04 Å². The molecule has 2 unspecified atom stereocenters. The lowest BCUT2D eigenvalue weighted by Gasteiger charge is -2.25. The van der Waals surface area contributed by atoms with Crippen molar-refractivity contribution in [1.29, 1.82) is 0 Å². The van der Waals surface area contributed by atoms with E-state index in [0.29, 0.717) is 0 Å². The predicted molar refractivity (Wildman–Crippen MR) is 73.5 cm³/mol. The van der Waals surface area contributed by atoms with E-state index >= 15 is 0 Å².